The molecule has 2 heterocycles. The summed E-state index contributed by atoms with van der Waals surface area (Å²) < 4.78 is 0. The van der Waals surface area contributed by atoms with E-state index in [2.05, 4.69) is 31.9 Å². The Morgan fingerprint density at radius 1 is 0.667 bits per heavy atom. The Bertz CT molecular complexity index is 1730. The molecule has 0 bridgehead atoms. The number of nitrogens with one attached hydrogen (secondary N) is 6. The number of carboxylic acid groups (broad SMARTS) is 2. The van der Waals surface area contributed by atoms with Gasteiger partial charge in [-0.1, -0.05) is 27.7 Å². The van der Waals surface area contributed by atoms with Crippen LogP contribution in [-0.2, 0) is 52.7 Å². The molecule has 2 rings (SSSR count). The number of aliphatic hydroxyl groups excluding tert-OH is 2. The molecule has 63 heavy (non-hydrogen) atoms. The molecule has 0 aromatic heterocycles. The number of likely N-dealkylation sites (tertiary alicyclic amines) is 2. The molecule has 2 fully saturated rings. The van der Waals surface area contributed by atoms with E-state index in [1.165, 1.54) is 11.8 Å². The minimum absolute atomic E-state index is 0.000306. The molecular formula is C38H62N10O15. The fourth-order valence-electron chi connectivity index (χ4n) is 7.05. The summed E-state index contributed by atoms with van der Waals surface area (Å²) in [4.78, 5) is 143. The molecule has 0 aromatic carbocycles. The number of carbonyl (C=O) groups is 11. The molecule has 354 valence electrons. The smallest absolute Gasteiger partial charge is 0.328 e. The summed E-state index contributed by atoms with van der Waals surface area (Å²) in [6.07, 6.45) is -2.04. The normalized spacial score (nSPS) is 19.4. The van der Waals surface area contributed by atoms with Gasteiger partial charge >= 0.3 is 11.9 Å². The van der Waals surface area contributed by atoms with Gasteiger partial charge < -0.3 is 73.6 Å². The summed E-state index contributed by atoms with van der Waals surface area (Å²) in [6.45, 7) is 6.29. The van der Waals surface area contributed by atoms with Gasteiger partial charge in [-0.3, -0.25) is 47.9 Å². The van der Waals surface area contributed by atoms with Crippen LogP contribution in [0.1, 0.15) is 79.6 Å². The number of nitrogens with two attached hydrogens (primary N) is 2. The van der Waals surface area contributed by atoms with Crippen LogP contribution in [0.5, 0.6) is 0 Å². The molecule has 0 unspecified atom stereocenters. The SMILES string of the molecule is CC(C)C[C@H](NC(=O)[C@@H]1CCCN1C(=O)[C@@H](NC(=O)[C@@H](NC(=O)CNC(=O)[C@@H](N)CC(N)=O)[C@@H](C)O)C(C)C)C(=O)N[C@@H](CC(=O)O)C(=O)N1CCC[C@H]1C(=O)N[C@@H](CO)C(=O)O. The third-order valence-electron chi connectivity index (χ3n) is 10.3. The van der Waals surface area contributed by atoms with Crippen LogP contribution in [0.2, 0.25) is 0 Å². The van der Waals surface area contributed by atoms with Crippen LogP contribution in [0.3, 0.4) is 0 Å². The molecule has 25 heteroatoms. The Morgan fingerprint density at radius 3 is 1.67 bits per heavy atom. The van der Waals surface area contributed by atoms with Gasteiger partial charge in [0.15, 0.2) is 0 Å². The average Bonchev–Trinajstić information content (AvgIpc) is 3.89. The topological polar surface area (TPSA) is 399 Å². The summed E-state index contributed by atoms with van der Waals surface area (Å²) >= 11 is 0. The molecule has 2 saturated heterocycles. The standard InChI is InChI=1S/C38H62N10O15/c1-17(2)12-21(32(56)43-22(14-28(53)54)36(60)47-10-6-8-24(47)34(58)44-23(16-49)38(62)63)42-33(57)25-9-7-11-48(25)37(61)29(18(3)4)46-35(59)30(19(5)50)45-27(52)15-41-31(55)20(39)13-26(40)51/h17-25,29-30,49-50H,6-16,39H2,1-5H3,(H2,40,51)(H,41,55)(H,42,57)(H,43,56)(H,44,58)(H,45,52)(H,46,59)(H,53,54)(H,62,63)/t19-,20+,21+,22+,23+,24+,25+,29+,30+/m1/s1. The van der Waals surface area contributed by atoms with Gasteiger partial charge in [-0.05, 0) is 50.9 Å². The fourth-order valence-corrected chi connectivity index (χ4v) is 7.05. The van der Waals surface area contributed by atoms with Crippen LogP contribution in [0, 0.1) is 11.8 Å². The van der Waals surface area contributed by atoms with Gasteiger partial charge in [-0.25, -0.2) is 4.79 Å². The molecule has 0 aromatic rings. The molecular weight excluding hydrogens is 836 g/mol. The number of hydrogen-bond acceptors (Lipinski definition) is 14. The summed E-state index contributed by atoms with van der Waals surface area (Å²) in [6, 6.07) is -11.3. The maximum atomic E-state index is 14.0. The third kappa shape index (κ3) is 16.0. The Labute approximate surface area is 363 Å². The highest BCUT2D eigenvalue weighted by atomic mass is 16.4. The number of carboxylic acids is 2. The first-order valence-corrected chi connectivity index (χ1v) is 20.6. The lowest BCUT2D eigenvalue weighted by atomic mass is 10.00. The zero-order valence-corrected chi connectivity index (χ0v) is 36.0. The van der Waals surface area contributed by atoms with Gasteiger partial charge in [0, 0.05) is 13.1 Å². The second kappa shape index (κ2) is 24.6. The number of primary amides is 1. The van der Waals surface area contributed by atoms with Gasteiger partial charge in [0.2, 0.25) is 53.2 Å². The van der Waals surface area contributed by atoms with Crippen LogP contribution in [-0.4, -0.2) is 176 Å². The minimum Gasteiger partial charge on any atom is -0.481 e. The van der Waals surface area contributed by atoms with Gasteiger partial charge in [0.1, 0.15) is 42.3 Å². The quantitative estimate of drug-likeness (QED) is 0.0430. The van der Waals surface area contributed by atoms with Crippen molar-refractivity contribution < 1.29 is 73.2 Å². The van der Waals surface area contributed by atoms with Crippen LogP contribution in [0.25, 0.3) is 0 Å². The van der Waals surface area contributed by atoms with Crippen LogP contribution >= 0.6 is 0 Å². The van der Waals surface area contributed by atoms with Crippen molar-refractivity contribution in [2.45, 2.75) is 134 Å². The zero-order valence-electron chi connectivity index (χ0n) is 36.0. The average molecular weight is 899 g/mol. The molecule has 0 aliphatic carbocycles. The number of amides is 9. The van der Waals surface area contributed by atoms with Crippen molar-refractivity contribution in [3.63, 3.8) is 0 Å². The van der Waals surface area contributed by atoms with E-state index in [0.29, 0.717) is 6.42 Å². The number of rotatable bonds is 24. The highest BCUT2D eigenvalue weighted by molar-refractivity contribution is 5.99. The first-order valence-electron chi connectivity index (χ1n) is 20.6. The highest BCUT2D eigenvalue weighted by Gasteiger charge is 2.43. The predicted molar refractivity (Wildman–Crippen MR) is 217 cm³/mol. The number of aliphatic hydroxyl groups is 2. The first-order chi connectivity index (χ1) is 29.4. The second-order valence-corrected chi connectivity index (χ2v) is 16.3. The molecule has 0 radical (unpaired) electrons. The van der Waals surface area contributed by atoms with Crippen molar-refractivity contribution in [1.29, 1.82) is 0 Å². The van der Waals surface area contributed by atoms with E-state index < -0.39 is 151 Å². The van der Waals surface area contributed by atoms with E-state index in [1.54, 1.807) is 27.7 Å². The third-order valence-corrected chi connectivity index (χ3v) is 10.3. The molecule has 14 N–H and O–H groups in total. The molecule has 2 aliphatic rings. The van der Waals surface area contributed by atoms with E-state index in [4.69, 9.17) is 11.5 Å². The van der Waals surface area contributed by atoms with Crippen molar-refractivity contribution >= 4 is 65.1 Å². The van der Waals surface area contributed by atoms with Crippen LogP contribution in [0.15, 0.2) is 0 Å². The molecule has 0 spiro atoms. The monoisotopic (exact) mass is 898 g/mol. The summed E-state index contributed by atoms with van der Waals surface area (Å²) in [5.41, 5.74) is 10.6. The van der Waals surface area contributed by atoms with E-state index >= 15 is 0 Å². The van der Waals surface area contributed by atoms with Crippen molar-refractivity contribution in [2.75, 3.05) is 26.2 Å². The minimum atomic E-state index is -1.72. The van der Waals surface area contributed by atoms with Crippen molar-refractivity contribution in [2.24, 2.45) is 23.3 Å². The fraction of sp³-hybridized carbons (Fsp3) is 0.711. The van der Waals surface area contributed by atoms with Crippen LogP contribution < -0.4 is 43.4 Å². The number of nitrogens with zero attached hydrogens (tertiary/aromatic N) is 2. The van der Waals surface area contributed by atoms with Gasteiger partial charge in [0.25, 0.3) is 0 Å². The Balaban J connectivity index is 2.23. The number of carbonyl (C=O) groups excluding carboxylic acids is 9. The van der Waals surface area contributed by atoms with E-state index in [9.17, 15) is 73.2 Å². The summed E-state index contributed by atoms with van der Waals surface area (Å²) in [7, 11) is 0. The summed E-state index contributed by atoms with van der Waals surface area (Å²) in [5, 5.41) is 52.7. The first kappa shape index (κ1) is 53.2. The van der Waals surface area contributed by atoms with Gasteiger partial charge in [-0.2, -0.15) is 0 Å². The second-order valence-electron chi connectivity index (χ2n) is 16.3. The predicted octanol–water partition coefficient (Wildman–Crippen LogP) is -5.65. The summed E-state index contributed by atoms with van der Waals surface area (Å²) in [5.74, 6) is -11.7. The van der Waals surface area contributed by atoms with Gasteiger partial charge in [0.05, 0.1) is 38.1 Å². The lowest BCUT2D eigenvalue weighted by Crippen LogP contribution is -2.61. The number of aliphatic carboxylic acids is 2. The Kier molecular flexibility index (Phi) is 20.8. The maximum absolute atomic E-state index is 14.0. The maximum Gasteiger partial charge on any atom is 0.328 e. The molecule has 0 saturated carbocycles. The molecule has 25 nitrogen and oxygen atoms in total. The van der Waals surface area contributed by atoms with E-state index in [0.717, 1.165) is 4.90 Å². The molecule has 9 amide bonds. The number of hydrogen-bond donors (Lipinski definition) is 12. The Hall–Kier alpha value is -5.95. The molecule has 9 atom stereocenters. The molecule has 2 aliphatic heterocycles. The Morgan fingerprint density at radius 2 is 1.21 bits per heavy atom. The zero-order chi connectivity index (χ0) is 47.9. The van der Waals surface area contributed by atoms with Crippen molar-refractivity contribution in [1.82, 2.24) is 41.7 Å². The lowest BCUT2D eigenvalue weighted by molar-refractivity contribution is -0.148. The van der Waals surface area contributed by atoms with Crippen molar-refractivity contribution in [3.05, 3.63) is 0 Å². The van der Waals surface area contributed by atoms with Crippen LogP contribution in [0.4, 0.5) is 0 Å². The largest absolute Gasteiger partial charge is 0.481 e. The lowest BCUT2D eigenvalue weighted by Gasteiger charge is -2.33. The highest BCUT2D eigenvalue weighted by Crippen LogP contribution is 2.23. The van der Waals surface area contributed by atoms with Gasteiger partial charge in [-0.15, -0.1) is 0 Å². The van der Waals surface area contributed by atoms with Crippen molar-refractivity contribution in [3.8, 4) is 0 Å². The van der Waals surface area contributed by atoms with E-state index in [1.807, 2.05) is 0 Å². The van der Waals surface area contributed by atoms with E-state index in [-0.39, 0.29) is 44.7 Å².